The van der Waals surface area contributed by atoms with Crippen molar-refractivity contribution in [3.05, 3.63) is 59.4 Å². The number of pyridine rings is 1. The lowest BCUT2D eigenvalue weighted by Gasteiger charge is -2.02. The van der Waals surface area contributed by atoms with Gasteiger partial charge < -0.3 is 11.1 Å². The average molecular weight is 365 g/mol. The third kappa shape index (κ3) is 3.50. The first-order valence-electron chi connectivity index (χ1n) is 7.64. The lowest BCUT2D eigenvalue weighted by molar-refractivity contribution is 0.101. The molecule has 1 aromatic carbocycles. The zero-order chi connectivity index (χ0) is 18.7. The molecule has 26 heavy (non-hydrogen) atoms. The maximum atomic E-state index is 12.3. The highest BCUT2D eigenvalue weighted by molar-refractivity contribution is 7.22. The molecule has 2 aromatic heterocycles. The Kier molecular flexibility index (Phi) is 4.85. The van der Waals surface area contributed by atoms with Crippen LogP contribution in [0.15, 0.2) is 42.6 Å². The van der Waals surface area contributed by atoms with E-state index in [4.69, 9.17) is 11.1 Å². The predicted octanol–water partition coefficient (Wildman–Crippen LogP) is 3.10. The first-order valence-corrected chi connectivity index (χ1v) is 8.46. The van der Waals surface area contributed by atoms with E-state index in [-0.39, 0.29) is 11.7 Å². The van der Waals surface area contributed by atoms with Gasteiger partial charge >= 0.3 is 0 Å². The Hall–Kier alpha value is -3.39. The van der Waals surface area contributed by atoms with Crippen LogP contribution in [0.5, 0.6) is 0 Å². The number of ketones is 1. The summed E-state index contributed by atoms with van der Waals surface area (Å²) in [5, 5.41) is 10.5. The Labute approximate surface area is 153 Å². The van der Waals surface area contributed by atoms with Crippen LogP contribution in [0, 0.1) is 5.41 Å². The van der Waals surface area contributed by atoms with Crippen LogP contribution >= 0.6 is 11.3 Å². The molecule has 3 rings (SSSR count). The molecule has 0 fully saturated rings. The number of allylic oxidation sites excluding steroid dienone is 1. The molecule has 4 N–H and O–H groups in total. The second-order valence-corrected chi connectivity index (χ2v) is 6.37. The lowest BCUT2D eigenvalue weighted by Crippen LogP contribution is -2.11. The van der Waals surface area contributed by atoms with Crippen LogP contribution in [0.3, 0.4) is 0 Å². The number of fused-ring (bicyclic) bond motifs is 1. The van der Waals surface area contributed by atoms with Gasteiger partial charge in [-0.05, 0) is 31.2 Å². The summed E-state index contributed by atoms with van der Waals surface area (Å²) in [5.41, 5.74) is 8.16. The SMILES string of the molecule is CC(=O)c1ccc(C(=O)Nc2nc3ccc(/C(C=N)=C/N)nc3s2)cc1. The predicted molar refractivity (Wildman–Crippen MR) is 103 cm³/mol. The molecule has 3 aromatic rings. The topological polar surface area (TPSA) is 122 Å². The van der Waals surface area contributed by atoms with Crippen LogP contribution in [-0.2, 0) is 0 Å². The molecule has 0 atom stereocenters. The molecule has 0 saturated heterocycles. The Morgan fingerprint density at radius 2 is 1.81 bits per heavy atom. The lowest BCUT2D eigenvalue weighted by atomic mass is 10.1. The van der Waals surface area contributed by atoms with E-state index in [0.29, 0.717) is 37.9 Å². The number of thiazole rings is 1. The summed E-state index contributed by atoms with van der Waals surface area (Å²) in [5.74, 6) is -0.373. The molecule has 0 radical (unpaired) electrons. The molecule has 0 aliphatic carbocycles. The van der Waals surface area contributed by atoms with Gasteiger partial charge in [-0.1, -0.05) is 23.5 Å². The summed E-state index contributed by atoms with van der Waals surface area (Å²) < 4.78 is 0. The van der Waals surface area contributed by atoms with Gasteiger partial charge in [0, 0.05) is 29.1 Å². The first kappa shape index (κ1) is 17.4. The largest absolute Gasteiger partial charge is 0.404 e. The Bertz CT molecular complexity index is 1040. The Morgan fingerprint density at radius 3 is 2.42 bits per heavy atom. The van der Waals surface area contributed by atoms with Crippen molar-refractivity contribution < 1.29 is 9.59 Å². The number of nitrogens with zero attached hydrogens (tertiary/aromatic N) is 2. The van der Waals surface area contributed by atoms with Gasteiger partial charge in [-0.25, -0.2) is 9.97 Å². The van der Waals surface area contributed by atoms with Crippen molar-refractivity contribution >= 4 is 50.3 Å². The summed E-state index contributed by atoms with van der Waals surface area (Å²) in [7, 11) is 0. The van der Waals surface area contributed by atoms with Crippen molar-refractivity contribution in [2.45, 2.75) is 6.92 Å². The van der Waals surface area contributed by atoms with Crippen molar-refractivity contribution in [1.29, 1.82) is 5.41 Å². The molecule has 0 saturated carbocycles. The second kappa shape index (κ2) is 7.24. The first-order chi connectivity index (χ1) is 12.5. The number of amides is 1. The molecule has 0 aliphatic rings. The number of nitrogens with one attached hydrogen (secondary N) is 2. The number of benzene rings is 1. The van der Waals surface area contributed by atoms with E-state index in [1.54, 1.807) is 36.4 Å². The smallest absolute Gasteiger partial charge is 0.257 e. The molecule has 1 amide bonds. The fraction of sp³-hybridized carbons (Fsp3) is 0.0556. The van der Waals surface area contributed by atoms with Gasteiger partial charge in [0.05, 0.1) is 5.69 Å². The van der Waals surface area contributed by atoms with Gasteiger partial charge in [-0.2, -0.15) is 0 Å². The van der Waals surface area contributed by atoms with Crippen LogP contribution in [-0.4, -0.2) is 27.9 Å². The van der Waals surface area contributed by atoms with Crippen molar-refractivity contribution in [3.63, 3.8) is 0 Å². The van der Waals surface area contributed by atoms with E-state index in [9.17, 15) is 9.59 Å². The highest BCUT2D eigenvalue weighted by Crippen LogP contribution is 2.26. The summed E-state index contributed by atoms with van der Waals surface area (Å²) >= 11 is 1.23. The molecular weight excluding hydrogens is 350 g/mol. The Balaban J connectivity index is 1.83. The van der Waals surface area contributed by atoms with Gasteiger partial charge in [0.15, 0.2) is 10.9 Å². The summed E-state index contributed by atoms with van der Waals surface area (Å²) in [6.07, 6.45) is 2.44. The number of carbonyl (C=O) groups excluding carboxylic acids is 2. The number of nitrogens with two attached hydrogens (primary N) is 1. The molecule has 0 spiro atoms. The van der Waals surface area contributed by atoms with Crippen LogP contribution < -0.4 is 11.1 Å². The zero-order valence-electron chi connectivity index (χ0n) is 13.8. The molecule has 8 heteroatoms. The molecule has 2 heterocycles. The van der Waals surface area contributed by atoms with Crippen molar-refractivity contribution in [2.75, 3.05) is 5.32 Å². The maximum absolute atomic E-state index is 12.3. The van der Waals surface area contributed by atoms with Crippen LogP contribution in [0.2, 0.25) is 0 Å². The van der Waals surface area contributed by atoms with Crippen LogP contribution in [0.4, 0.5) is 5.13 Å². The third-order valence-corrected chi connectivity index (χ3v) is 4.54. The van der Waals surface area contributed by atoms with Crippen molar-refractivity contribution in [2.24, 2.45) is 5.73 Å². The van der Waals surface area contributed by atoms with Gasteiger partial charge in [0.1, 0.15) is 10.3 Å². The summed E-state index contributed by atoms with van der Waals surface area (Å²) in [6, 6.07) is 9.90. The van der Waals surface area contributed by atoms with Crippen LogP contribution in [0.1, 0.15) is 33.3 Å². The number of carbonyl (C=O) groups is 2. The minimum atomic E-state index is -0.318. The fourth-order valence-corrected chi connectivity index (χ4v) is 3.10. The maximum Gasteiger partial charge on any atom is 0.257 e. The third-order valence-electron chi connectivity index (χ3n) is 3.66. The molecule has 0 unspecified atom stereocenters. The summed E-state index contributed by atoms with van der Waals surface area (Å²) in [4.78, 5) is 33.0. The van der Waals surface area contributed by atoms with Gasteiger partial charge in [0.25, 0.3) is 5.91 Å². The van der Waals surface area contributed by atoms with Gasteiger partial charge in [0.2, 0.25) is 0 Å². The molecule has 0 bridgehead atoms. The molecule has 0 aliphatic heterocycles. The number of hydrogen-bond acceptors (Lipinski definition) is 7. The fourth-order valence-electron chi connectivity index (χ4n) is 2.26. The normalized spacial score (nSPS) is 11.3. The quantitative estimate of drug-likeness (QED) is 0.474. The highest BCUT2D eigenvalue weighted by atomic mass is 32.1. The van der Waals surface area contributed by atoms with Crippen molar-refractivity contribution in [1.82, 2.24) is 9.97 Å². The van der Waals surface area contributed by atoms with E-state index in [2.05, 4.69) is 15.3 Å². The number of hydrogen-bond donors (Lipinski definition) is 3. The second-order valence-electron chi connectivity index (χ2n) is 5.39. The number of anilines is 1. The number of Topliss-reactive ketones (excluding diaryl/α,β-unsaturated/α-hetero) is 1. The highest BCUT2D eigenvalue weighted by Gasteiger charge is 2.12. The Morgan fingerprint density at radius 1 is 1.12 bits per heavy atom. The van der Waals surface area contributed by atoms with Gasteiger partial charge in [-0.3, -0.25) is 14.9 Å². The van der Waals surface area contributed by atoms with E-state index >= 15 is 0 Å². The van der Waals surface area contributed by atoms with E-state index in [0.717, 1.165) is 6.21 Å². The summed E-state index contributed by atoms with van der Waals surface area (Å²) in [6.45, 7) is 1.47. The van der Waals surface area contributed by atoms with Gasteiger partial charge in [-0.15, -0.1) is 0 Å². The standard InChI is InChI=1S/C18H15N5O2S/c1-10(24)11-2-4-12(5-3-11)16(25)23-18-22-15-7-6-14(13(8-19)9-20)21-17(15)26-18/h2-9,19H,20H2,1H3,(H,22,23,25)/b13-9+,19-8?. The zero-order valence-corrected chi connectivity index (χ0v) is 14.6. The van der Waals surface area contributed by atoms with E-state index < -0.39 is 0 Å². The van der Waals surface area contributed by atoms with E-state index in [1.165, 1.54) is 24.5 Å². The molecule has 7 nitrogen and oxygen atoms in total. The molecule has 130 valence electrons. The minimum absolute atomic E-state index is 0.0548. The monoisotopic (exact) mass is 365 g/mol. The van der Waals surface area contributed by atoms with Crippen LogP contribution in [0.25, 0.3) is 15.9 Å². The molecular formula is C18H15N5O2S. The number of aromatic nitrogens is 2. The minimum Gasteiger partial charge on any atom is -0.404 e. The number of rotatable bonds is 5. The van der Waals surface area contributed by atoms with E-state index in [1.807, 2.05) is 0 Å². The van der Waals surface area contributed by atoms with Crippen molar-refractivity contribution in [3.8, 4) is 0 Å². The average Bonchev–Trinajstić information content (AvgIpc) is 3.04.